The Hall–Kier alpha value is -2.21. The molecule has 2 heterocycles. The Balaban J connectivity index is 2.02. The third-order valence-electron chi connectivity index (χ3n) is 3.53. The summed E-state index contributed by atoms with van der Waals surface area (Å²) in [5, 5.41) is 0. The lowest BCUT2D eigenvalue weighted by molar-refractivity contribution is 0.122. The van der Waals surface area contributed by atoms with Gasteiger partial charge in [-0.2, -0.15) is 9.97 Å². The number of rotatable bonds is 2. The molecule has 1 aliphatic rings. The third-order valence-corrected chi connectivity index (χ3v) is 3.53. The fraction of sp³-hybridized carbons (Fsp3) is 0.400. The van der Waals surface area contributed by atoms with E-state index >= 15 is 0 Å². The van der Waals surface area contributed by atoms with Gasteiger partial charge in [0.15, 0.2) is 5.82 Å². The molecule has 110 valence electrons. The van der Waals surface area contributed by atoms with Gasteiger partial charge in [0.1, 0.15) is 5.82 Å². The molecule has 0 radical (unpaired) electrons. The summed E-state index contributed by atoms with van der Waals surface area (Å²) in [7, 11) is 0. The second-order valence-electron chi connectivity index (χ2n) is 5.18. The van der Waals surface area contributed by atoms with E-state index in [0.29, 0.717) is 36.5 Å². The Morgan fingerprint density at radius 3 is 2.62 bits per heavy atom. The number of nitrogens with two attached hydrogens (primary N) is 1. The predicted molar refractivity (Wildman–Crippen MR) is 82.2 cm³/mol. The standard InChI is InChI=1S/C15H19N5O/c1-10-3-4-12(16)9-13(10)14-17-11(2)18-15(19-14)20-5-7-21-8-6-20/h3-4,9H,5-8,16H2,1-2H3. The zero-order chi connectivity index (χ0) is 14.8. The summed E-state index contributed by atoms with van der Waals surface area (Å²) in [6.45, 7) is 6.94. The smallest absolute Gasteiger partial charge is 0.229 e. The number of aromatic nitrogens is 3. The summed E-state index contributed by atoms with van der Waals surface area (Å²) < 4.78 is 5.37. The minimum atomic E-state index is 0.675. The van der Waals surface area contributed by atoms with E-state index in [1.807, 2.05) is 32.0 Å². The Morgan fingerprint density at radius 1 is 1.10 bits per heavy atom. The lowest BCUT2D eigenvalue weighted by Crippen LogP contribution is -2.37. The fourth-order valence-corrected chi connectivity index (χ4v) is 2.37. The van der Waals surface area contributed by atoms with Crippen LogP contribution in [0.25, 0.3) is 11.4 Å². The van der Waals surface area contributed by atoms with Crippen LogP contribution in [-0.4, -0.2) is 41.3 Å². The highest BCUT2D eigenvalue weighted by Gasteiger charge is 2.16. The molecule has 0 aliphatic carbocycles. The molecule has 2 N–H and O–H groups in total. The highest BCUT2D eigenvalue weighted by Crippen LogP contribution is 2.24. The van der Waals surface area contributed by atoms with E-state index in [1.165, 1.54) is 0 Å². The van der Waals surface area contributed by atoms with E-state index in [9.17, 15) is 0 Å². The van der Waals surface area contributed by atoms with Gasteiger partial charge in [-0.05, 0) is 31.5 Å². The molecule has 21 heavy (non-hydrogen) atoms. The molecule has 1 aromatic carbocycles. The van der Waals surface area contributed by atoms with Crippen molar-refractivity contribution in [2.24, 2.45) is 0 Å². The van der Waals surface area contributed by atoms with Gasteiger partial charge < -0.3 is 15.4 Å². The van der Waals surface area contributed by atoms with Gasteiger partial charge in [-0.1, -0.05) is 6.07 Å². The average Bonchev–Trinajstić information content (AvgIpc) is 2.50. The van der Waals surface area contributed by atoms with Crippen molar-refractivity contribution >= 4 is 11.6 Å². The van der Waals surface area contributed by atoms with Gasteiger partial charge in [-0.25, -0.2) is 4.98 Å². The van der Waals surface area contributed by atoms with Crippen LogP contribution in [0.3, 0.4) is 0 Å². The largest absolute Gasteiger partial charge is 0.399 e. The number of nitrogen functional groups attached to an aromatic ring is 1. The molecule has 0 unspecified atom stereocenters. The molecule has 0 amide bonds. The molecular weight excluding hydrogens is 266 g/mol. The number of hydrogen-bond acceptors (Lipinski definition) is 6. The van der Waals surface area contributed by atoms with Crippen molar-refractivity contribution in [1.82, 2.24) is 15.0 Å². The van der Waals surface area contributed by atoms with E-state index in [1.54, 1.807) is 0 Å². The number of nitrogens with zero attached hydrogens (tertiary/aromatic N) is 4. The van der Waals surface area contributed by atoms with Gasteiger partial charge in [-0.3, -0.25) is 0 Å². The Labute approximate surface area is 124 Å². The molecule has 6 nitrogen and oxygen atoms in total. The number of ether oxygens (including phenoxy) is 1. The lowest BCUT2D eigenvalue weighted by atomic mass is 10.1. The van der Waals surface area contributed by atoms with Crippen LogP contribution in [0, 0.1) is 13.8 Å². The van der Waals surface area contributed by atoms with Gasteiger partial charge in [0.05, 0.1) is 13.2 Å². The quantitative estimate of drug-likeness (QED) is 0.844. The van der Waals surface area contributed by atoms with Gasteiger partial charge in [-0.15, -0.1) is 0 Å². The monoisotopic (exact) mass is 285 g/mol. The van der Waals surface area contributed by atoms with E-state index in [4.69, 9.17) is 10.5 Å². The summed E-state index contributed by atoms with van der Waals surface area (Å²) in [5.74, 6) is 2.10. The number of anilines is 2. The van der Waals surface area contributed by atoms with E-state index in [0.717, 1.165) is 24.2 Å². The first-order valence-electron chi connectivity index (χ1n) is 7.05. The number of morpholine rings is 1. The van der Waals surface area contributed by atoms with Gasteiger partial charge in [0, 0.05) is 24.3 Å². The molecule has 1 fully saturated rings. The Kier molecular flexibility index (Phi) is 3.70. The SMILES string of the molecule is Cc1nc(-c2cc(N)ccc2C)nc(N2CCOCC2)n1. The zero-order valence-corrected chi connectivity index (χ0v) is 12.3. The minimum absolute atomic E-state index is 0.675. The van der Waals surface area contributed by atoms with Crippen molar-refractivity contribution in [3.8, 4) is 11.4 Å². The first-order chi connectivity index (χ1) is 10.1. The molecule has 0 saturated carbocycles. The number of benzene rings is 1. The molecule has 1 aromatic heterocycles. The van der Waals surface area contributed by atoms with Crippen LogP contribution in [0.5, 0.6) is 0 Å². The van der Waals surface area contributed by atoms with Crippen molar-refractivity contribution in [3.05, 3.63) is 29.6 Å². The van der Waals surface area contributed by atoms with Crippen LogP contribution in [0.15, 0.2) is 18.2 Å². The summed E-state index contributed by atoms with van der Waals surface area (Å²) in [6, 6.07) is 5.78. The Morgan fingerprint density at radius 2 is 1.86 bits per heavy atom. The normalized spacial score (nSPS) is 15.2. The van der Waals surface area contributed by atoms with Gasteiger partial charge >= 0.3 is 0 Å². The minimum Gasteiger partial charge on any atom is -0.399 e. The van der Waals surface area contributed by atoms with E-state index in [-0.39, 0.29) is 0 Å². The van der Waals surface area contributed by atoms with Crippen LogP contribution in [0.4, 0.5) is 11.6 Å². The fourth-order valence-electron chi connectivity index (χ4n) is 2.37. The molecule has 2 aromatic rings. The topological polar surface area (TPSA) is 77.2 Å². The maximum atomic E-state index is 5.89. The summed E-state index contributed by atoms with van der Waals surface area (Å²) >= 11 is 0. The highest BCUT2D eigenvalue weighted by molar-refractivity contribution is 5.66. The summed E-state index contributed by atoms with van der Waals surface area (Å²) in [5.41, 5.74) is 8.65. The highest BCUT2D eigenvalue weighted by atomic mass is 16.5. The van der Waals surface area contributed by atoms with Crippen molar-refractivity contribution in [2.75, 3.05) is 36.9 Å². The van der Waals surface area contributed by atoms with Crippen LogP contribution in [-0.2, 0) is 4.74 Å². The molecule has 0 atom stereocenters. The average molecular weight is 285 g/mol. The van der Waals surface area contributed by atoms with Crippen LogP contribution >= 0.6 is 0 Å². The maximum absolute atomic E-state index is 5.89. The first-order valence-corrected chi connectivity index (χ1v) is 7.05. The second-order valence-corrected chi connectivity index (χ2v) is 5.18. The van der Waals surface area contributed by atoms with E-state index < -0.39 is 0 Å². The predicted octanol–water partition coefficient (Wildman–Crippen LogP) is 1.57. The van der Waals surface area contributed by atoms with Crippen molar-refractivity contribution in [3.63, 3.8) is 0 Å². The molecule has 1 saturated heterocycles. The van der Waals surface area contributed by atoms with Crippen LogP contribution in [0.1, 0.15) is 11.4 Å². The van der Waals surface area contributed by atoms with Crippen molar-refractivity contribution < 1.29 is 4.74 Å². The van der Waals surface area contributed by atoms with E-state index in [2.05, 4.69) is 19.9 Å². The van der Waals surface area contributed by atoms with Crippen LogP contribution < -0.4 is 10.6 Å². The molecule has 3 rings (SSSR count). The Bertz CT molecular complexity index is 653. The molecule has 0 bridgehead atoms. The molecule has 0 spiro atoms. The third kappa shape index (κ3) is 2.95. The molecule has 6 heteroatoms. The lowest BCUT2D eigenvalue weighted by Gasteiger charge is -2.27. The zero-order valence-electron chi connectivity index (χ0n) is 12.3. The number of hydrogen-bond donors (Lipinski definition) is 1. The number of aryl methyl sites for hydroxylation is 2. The maximum Gasteiger partial charge on any atom is 0.229 e. The van der Waals surface area contributed by atoms with Crippen molar-refractivity contribution in [2.45, 2.75) is 13.8 Å². The van der Waals surface area contributed by atoms with Crippen LogP contribution in [0.2, 0.25) is 0 Å². The summed E-state index contributed by atoms with van der Waals surface area (Å²) in [6.07, 6.45) is 0. The van der Waals surface area contributed by atoms with Gasteiger partial charge in [0.25, 0.3) is 0 Å². The molecular formula is C15H19N5O. The second kappa shape index (κ2) is 5.65. The van der Waals surface area contributed by atoms with Gasteiger partial charge in [0.2, 0.25) is 5.95 Å². The van der Waals surface area contributed by atoms with Crippen molar-refractivity contribution in [1.29, 1.82) is 0 Å². The molecule has 1 aliphatic heterocycles. The summed E-state index contributed by atoms with van der Waals surface area (Å²) in [4.78, 5) is 15.7. The first kappa shape index (κ1) is 13.8.